The maximum absolute atomic E-state index is 5.57. The first kappa shape index (κ1) is 15.2. The van der Waals surface area contributed by atoms with Crippen molar-refractivity contribution in [2.24, 2.45) is 5.41 Å². The molecule has 0 aromatic heterocycles. The molecular weight excluding hydrogens is 250 g/mol. The lowest BCUT2D eigenvalue weighted by molar-refractivity contribution is 0.146. The third kappa shape index (κ3) is 4.71. The van der Waals surface area contributed by atoms with Crippen LogP contribution in [0, 0.1) is 5.41 Å². The molecule has 0 amide bonds. The molecule has 1 aliphatic rings. The van der Waals surface area contributed by atoms with Gasteiger partial charge in [0, 0.05) is 18.8 Å². The fraction of sp³-hybridized carbons (Fsp3) is 0.647. The molecule has 1 aromatic carbocycles. The largest absolute Gasteiger partial charge is 0.491 e. The van der Waals surface area contributed by atoms with Crippen LogP contribution in [0.4, 0.5) is 5.69 Å². The van der Waals surface area contributed by atoms with E-state index in [2.05, 4.69) is 31.3 Å². The van der Waals surface area contributed by atoms with E-state index in [4.69, 9.17) is 9.47 Å². The summed E-state index contributed by atoms with van der Waals surface area (Å²) in [6.45, 7) is 5.96. The second-order valence-electron chi connectivity index (χ2n) is 6.47. The maximum Gasteiger partial charge on any atom is 0.119 e. The van der Waals surface area contributed by atoms with Crippen LogP contribution in [-0.2, 0) is 4.74 Å². The summed E-state index contributed by atoms with van der Waals surface area (Å²) in [4.78, 5) is 0. The third-order valence-electron chi connectivity index (χ3n) is 3.99. The Morgan fingerprint density at radius 2 is 1.95 bits per heavy atom. The molecule has 112 valence electrons. The van der Waals surface area contributed by atoms with Crippen molar-refractivity contribution >= 4 is 5.69 Å². The predicted molar refractivity (Wildman–Crippen MR) is 83.5 cm³/mol. The molecule has 3 nitrogen and oxygen atoms in total. The summed E-state index contributed by atoms with van der Waals surface area (Å²) in [5, 5.41) is 3.65. The van der Waals surface area contributed by atoms with Crippen LogP contribution in [-0.4, -0.2) is 26.4 Å². The molecular formula is C17H27NO2. The van der Waals surface area contributed by atoms with E-state index in [1.54, 1.807) is 7.11 Å². The number of anilines is 1. The first-order valence-electron chi connectivity index (χ1n) is 7.57. The molecule has 0 radical (unpaired) electrons. The molecule has 2 rings (SSSR count). The lowest BCUT2D eigenvalue weighted by Gasteiger charge is -2.36. The van der Waals surface area contributed by atoms with Crippen LogP contribution in [0.1, 0.15) is 39.5 Å². The minimum atomic E-state index is 0.471. The first-order valence-corrected chi connectivity index (χ1v) is 7.57. The Morgan fingerprint density at radius 3 is 2.60 bits per heavy atom. The van der Waals surface area contributed by atoms with Crippen molar-refractivity contribution in [1.29, 1.82) is 0 Å². The molecule has 1 N–H and O–H groups in total. The van der Waals surface area contributed by atoms with Crippen LogP contribution >= 0.6 is 0 Å². The lowest BCUT2D eigenvalue weighted by atomic mass is 9.75. The van der Waals surface area contributed by atoms with Gasteiger partial charge in [-0.05, 0) is 48.9 Å². The Balaban J connectivity index is 1.84. The van der Waals surface area contributed by atoms with E-state index >= 15 is 0 Å². The van der Waals surface area contributed by atoms with Gasteiger partial charge in [-0.3, -0.25) is 0 Å². The number of hydrogen-bond acceptors (Lipinski definition) is 3. The number of hydrogen-bond donors (Lipinski definition) is 1. The number of methoxy groups -OCH3 is 1. The summed E-state index contributed by atoms with van der Waals surface area (Å²) in [5.41, 5.74) is 1.66. The van der Waals surface area contributed by atoms with Gasteiger partial charge in [0.1, 0.15) is 12.4 Å². The standard InChI is InChI=1S/C17H27NO2/c1-17(2)10-4-5-15(13-17)18-14-6-8-16(9-7-14)20-12-11-19-3/h6-9,15,18H,4-5,10-13H2,1-3H3. The van der Waals surface area contributed by atoms with E-state index in [0.29, 0.717) is 24.7 Å². The maximum atomic E-state index is 5.57. The summed E-state index contributed by atoms with van der Waals surface area (Å²) < 4.78 is 10.5. The molecule has 1 aromatic rings. The van der Waals surface area contributed by atoms with Gasteiger partial charge in [0.25, 0.3) is 0 Å². The van der Waals surface area contributed by atoms with Crippen molar-refractivity contribution in [2.75, 3.05) is 25.6 Å². The van der Waals surface area contributed by atoms with Gasteiger partial charge in [0.05, 0.1) is 6.61 Å². The highest BCUT2D eigenvalue weighted by molar-refractivity contribution is 5.47. The summed E-state index contributed by atoms with van der Waals surface area (Å²) in [6.07, 6.45) is 5.19. The smallest absolute Gasteiger partial charge is 0.119 e. The molecule has 1 unspecified atom stereocenters. The van der Waals surface area contributed by atoms with Crippen LogP contribution in [0.5, 0.6) is 5.75 Å². The molecule has 0 heterocycles. The average molecular weight is 277 g/mol. The second kappa shape index (κ2) is 6.98. The van der Waals surface area contributed by atoms with Crippen molar-refractivity contribution in [2.45, 2.75) is 45.6 Å². The topological polar surface area (TPSA) is 30.5 Å². The zero-order chi connectivity index (χ0) is 14.4. The van der Waals surface area contributed by atoms with E-state index in [0.717, 1.165) is 5.75 Å². The number of nitrogens with one attached hydrogen (secondary N) is 1. The average Bonchev–Trinajstić information content (AvgIpc) is 2.40. The van der Waals surface area contributed by atoms with Crippen molar-refractivity contribution < 1.29 is 9.47 Å². The van der Waals surface area contributed by atoms with Gasteiger partial charge in [-0.15, -0.1) is 0 Å². The van der Waals surface area contributed by atoms with Crippen molar-refractivity contribution in [3.05, 3.63) is 24.3 Å². The van der Waals surface area contributed by atoms with Gasteiger partial charge in [-0.25, -0.2) is 0 Å². The van der Waals surface area contributed by atoms with Gasteiger partial charge < -0.3 is 14.8 Å². The Kier molecular flexibility index (Phi) is 5.30. The van der Waals surface area contributed by atoms with Gasteiger partial charge in [-0.1, -0.05) is 20.3 Å². The number of ether oxygens (including phenoxy) is 2. The summed E-state index contributed by atoms with van der Waals surface area (Å²) in [6, 6.07) is 8.84. The van der Waals surface area contributed by atoms with Gasteiger partial charge >= 0.3 is 0 Å². The highest BCUT2D eigenvalue weighted by Gasteiger charge is 2.27. The monoisotopic (exact) mass is 277 g/mol. The van der Waals surface area contributed by atoms with Crippen molar-refractivity contribution in [3.63, 3.8) is 0 Å². The minimum absolute atomic E-state index is 0.471. The highest BCUT2D eigenvalue weighted by atomic mass is 16.5. The molecule has 1 fully saturated rings. The SMILES string of the molecule is COCCOc1ccc(NC2CCCC(C)(C)C2)cc1. The Morgan fingerprint density at radius 1 is 1.20 bits per heavy atom. The molecule has 0 spiro atoms. The molecule has 0 bridgehead atoms. The number of benzene rings is 1. The Bertz CT molecular complexity index is 400. The quantitative estimate of drug-likeness (QED) is 0.794. The van der Waals surface area contributed by atoms with Crippen LogP contribution in [0.2, 0.25) is 0 Å². The molecule has 3 heteroatoms. The lowest BCUT2D eigenvalue weighted by Crippen LogP contribution is -2.31. The molecule has 1 atom stereocenters. The van der Waals surface area contributed by atoms with E-state index in [9.17, 15) is 0 Å². The summed E-state index contributed by atoms with van der Waals surface area (Å²) in [7, 11) is 1.68. The fourth-order valence-corrected chi connectivity index (χ4v) is 2.95. The summed E-state index contributed by atoms with van der Waals surface area (Å²) in [5.74, 6) is 0.900. The molecule has 1 saturated carbocycles. The highest BCUT2D eigenvalue weighted by Crippen LogP contribution is 2.36. The molecule has 20 heavy (non-hydrogen) atoms. The summed E-state index contributed by atoms with van der Waals surface area (Å²) >= 11 is 0. The van der Waals surface area contributed by atoms with Crippen LogP contribution in [0.3, 0.4) is 0 Å². The number of rotatable bonds is 6. The molecule has 0 aliphatic heterocycles. The van der Waals surface area contributed by atoms with E-state index in [1.807, 2.05) is 12.1 Å². The normalized spacial score (nSPS) is 21.4. The fourth-order valence-electron chi connectivity index (χ4n) is 2.95. The minimum Gasteiger partial charge on any atom is -0.491 e. The molecule has 0 saturated heterocycles. The van der Waals surface area contributed by atoms with Crippen molar-refractivity contribution in [1.82, 2.24) is 0 Å². The second-order valence-corrected chi connectivity index (χ2v) is 6.47. The van der Waals surface area contributed by atoms with Crippen LogP contribution in [0.15, 0.2) is 24.3 Å². The van der Waals surface area contributed by atoms with Crippen molar-refractivity contribution in [3.8, 4) is 5.75 Å². The zero-order valence-corrected chi connectivity index (χ0v) is 12.9. The Hall–Kier alpha value is -1.22. The first-order chi connectivity index (χ1) is 9.59. The Labute approximate surface area is 122 Å². The van der Waals surface area contributed by atoms with Gasteiger partial charge in [-0.2, -0.15) is 0 Å². The van der Waals surface area contributed by atoms with Gasteiger partial charge in [0.15, 0.2) is 0 Å². The molecule has 1 aliphatic carbocycles. The van der Waals surface area contributed by atoms with Crippen LogP contribution in [0.25, 0.3) is 0 Å². The zero-order valence-electron chi connectivity index (χ0n) is 12.9. The van der Waals surface area contributed by atoms with Crippen LogP contribution < -0.4 is 10.1 Å². The predicted octanol–water partition coefficient (Wildman–Crippen LogP) is 4.09. The van der Waals surface area contributed by atoms with E-state index in [-0.39, 0.29) is 0 Å². The van der Waals surface area contributed by atoms with E-state index < -0.39 is 0 Å². The van der Waals surface area contributed by atoms with Gasteiger partial charge in [0.2, 0.25) is 0 Å². The third-order valence-corrected chi connectivity index (χ3v) is 3.99. The van der Waals surface area contributed by atoms with E-state index in [1.165, 1.54) is 31.4 Å².